The Morgan fingerprint density at radius 1 is 0.931 bits per heavy atom. The van der Waals surface area contributed by atoms with Gasteiger partial charge in [0.25, 0.3) is 0 Å². The Kier molecular flexibility index (Phi) is 5.49. The minimum Gasteiger partial charge on any atom is -0.469 e. The van der Waals surface area contributed by atoms with Gasteiger partial charge in [0.2, 0.25) is 0 Å². The Bertz CT molecular complexity index is 1180. The second kappa shape index (κ2) is 8.37. The number of fused-ring (bicyclic) bond motifs is 1. The number of thiazole rings is 1. The number of ether oxygens (including phenoxy) is 1. The van der Waals surface area contributed by atoms with Crippen molar-refractivity contribution in [3.63, 3.8) is 0 Å². The summed E-state index contributed by atoms with van der Waals surface area (Å²) in [7, 11) is 1.39. The lowest BCUT2D eigenvalue weighted by Gasteiger charge is -2.05. The van der Waals surface area contributed by atoms with Crippen LogP contribution in [0.4, 0.5) is 0 Å². The summed E-state index contributed by atoms with van der Waals surface area (Å²) in [6, 6.07) is 21.4. The van der Waals surface area contributed by atoms with Gasteiger partial charge in [0, 0.05) is 23.7 Å². The molecule has 0 N–H and O–H groups in total. The number of esters is 1. The molecule has 0 amide bonds. The van der Waals surface area contributed by atoms with Crippen molar-refractivity contribution < 1.29 is 14.3 Å². The van der Waals surface area contributed by atoms with Gasteiger partial charge < -0.3 is 4.74 Å². The van der Waals surface area contributed by atoms with Crippen LogP contribution < -0.4 is 0 Å². The zero-order chi connectivity index (χ0) is 20.2. The van der Waals surface area contributed by atoms with Crippen LogP contribution in [0.1, 0.15) is 27.3 Å². The second-order valence-electron chi connectivity index (χ2n) is 6.66. The molecular weight excluding hydrogens is 382 g/mol. The van der Waals surface area contributed by atoms with Gasteiger partial charge >= 0.3 is 5.97 Å². The van der Waals surface area contributed by atoms with Crippen LogP contribution in [0.25, 0.3) is 21.2 Å². The smallest absolute Gasteiger partial charge is 0.305 e. The maximum atomic E-state index is 12.9. The molecule has 5 heteroatoms. The predicted octanol–water partition coefficient (Wildman–Crippen LogP) is 5.30. The zero-order valence-electron chi connectivity index (χ0n) is 15.9. The first kappa shape index (κ1) is 19.0. The summed E-state index contributed by atoms with van der Waals surface area (Å²) in [5, 5.41) is 3.06. The molecule has 4 aromatic rings. The lowest BCUT2D eigenvalue weighted by atomic mass is 9.99. The number of carbonyl (C=O) groups is 2. The zero-order valence-corrected chi connectivity index (χ0v) is 16.7. The molecule has 0 fully saturated rings. The number of carbonyl (C=O) groups excluding carboxylic acids is 2. The third-order valence-corrected chi connectivity index (χ3v) is 5.87. The first-order chi connectivity index (χ1) is 14.1. The maximum absolute atomic E-state index is 12.9. The van der Waals surface area contributed by atoms with E-state index < -0.39 is 0 Å². The molecule has 0 aliphatic heterocycles. The molecule has 0 radical (unpaired) electrons. The fraction of sp³-hybridized carbons (Fsp3) is 0.125. The maximum Gasteiger partial charge on any atom is 0.305 e. The summed E-state index contributed by atoms with van der Waals surface area (Å²) in [5.41, 5.74) is 2.33. The summed E-state index contributed by atoms with van der Waals surface area (Å²) in [6.07, 6.45) is 2.69. The van der Waals surface area contributed by atoms with E-state index in [4.69, 9.17) is 0 Å². The topological polar surface area (TPSA) is 56.3 Å². The van der Waals surface area contributed by atoms with Crippen LogP contribution in [0.3, 0.4) is 0 Å². The minimum atomic E-state index is -0.238. The number of methoxy groups -OCH3 is 1. The molecule has 3 aromatic carbocycles. The predicted molar refractivity (Wildman–Crippen MR) is 115 cm³/mol. The standard InChI is InChI=1S/C24H19NO3S/c1-28-23(26)13-12-22-25-15-21(29-22)17-7-9-18(10-8-17)24(27)20-11-6-16-4-2-3-5-19(16)14-20/h2-11,14-15H,12-13H2,1H3. The van der Waals surface area contributed by atoms with Crippen LogP contribution in [0.2, 0.25) is 0 Å². The monoisotopic (exact) mass is 401 g/mol. The van der Waals surface area contributed by atoms with Gasteiger partial charge in [-0.25, -0.2) is 4.98 Å². The normalized spacial score (nSPS) is 10.8. The Balaban J connectivity index is 1.50. The van der Waals surface area contributed by atoms with E-state index in [0.717, 1.165) is 26.2 Å². The van der Waals surface area contributed by atoms with Crippen molar-refractivity contribution in [2.24, 2.45) is 0 Å². The van der Waals surface area contributed by atoms with Gasteiger partial charge in [0.05, 0.1) is 23.4 Å². The van der Waals surface area contributed by atoms with Crippen molar-refractivity contribution in [3.8, 4) is 10.4 Å². The van der Waals surface area contributed by atoms with E-state index >= 15 is 0 Å². The van der Waals surface area contributed by atoms with E-state index in [-0.39, 0.29) is 11.8 Å². The summed E-state index contributed by atoms with van der Waals surface area (Å²) in [6.45, 7) is 0. The number of aryl methyl sites for hydroxylation is 1. The van der Waals surface area contributed by atoms with E-state index in [2.05, 4.69) is 9.72 Å². The fourth-order valence-corrected chi connectivity index (χ4v) is 4.08. The molecule has 0 aliphatic carbocycles. The van der Waals surface area contributed by atoms with E-state index in [1.165, 1.54) is 7.11 Å². The van der Waals surface area contributed by atoms with Gasteiger partial charge in [-0.3, -0.25) is 9.59 Å². The highest BCUT2D eigenvalue weighted by molar-refractivity contribution is 7.15. The molecule has 4 rings (SSSR count). The molecule has 1 aromatic heterocycles. The van der Waals surface area contributed by atoms with Crippen molar-refractivity contribution in [1.82, 2.24) is 4.98 Å². The molecule has 0 spiro atoms. The van der Waals surface area contributed by atoms with E-state index in [0.29, 0.717) is 24.0 Å². The number of benzene rings is 3. The number of hydrogen-bond acceptors (Lipinski definition) is 5. The van der Waals surface area contributed by atoms with Gasteiger partial charge in [0.15, 0.2) is 5.78 Å². The molecule has 4 nitrogen and oxygen atoms in total. The summed E-state index contributed by atoms with van der Waals surface area (Å²) in [5.74, 6) is -0.233. The largest absolute Gasteiger partial charge is 0.469 e. The van der Waals surface area contributed by atoms with Crippen LogP contribution in [-0.2, 0) is 16.0 Å². The Morgan fingerprint density at radius 3 is 2.41 bits per heavy atom. The Morgan fingerprint density at radius 2 is 1.66 bits per heavy atom. The quantitative estimate of drug-likeness (QED) is 0.325. The lowest BCUT2D eigenvalue weighted by molar-refractivity contribution is -0.140. The highest BCUT2D eigenvalue weighted by atomic mass is 32.1. The highest BCUT2D eigenvalue weighted by Gasteiger charge is 2.11. The first-order valence-corrected chi connectivity index (χ1v) is 10.1. The Labute approximate surface area is 172 Å². The summed E-state index contributed by atoms with van der Waals surface area (Å²) in [4.78, 5) is 29.5. The third kappa shape index (κ3) is 4.25. The molecule has 1 heterocycles. The van der Waals surface area contributed by atoms with Gasteiger partial charge in [-0.05, 0) is 22.4 Å². The molecule has 0 saturated heterocycles. The highest BCUT2D eigenvalue weighted by Crippen LogP contribution is 2.27. The molecule has 0 saturated carbocycles. The minimum absolute atomic E-state index is 0.00498. The van der Waals surface area contributed by atoms with Crippen LogP contribution >= 0.6 is 11.3 Å². The molecule has 0 atom stereocenters. The molecule has 0 bridgehead atoms. The van der Waals surface area contributed by atoms with E-state index in [9.17, 15) is 9.59 Å². The van der Waals surface area contributed by atoms with Crippen molar-refractivity contribution in [2.75, 3.05) is 7.11 Å². The Hall–Kier alpha value is -3.31. The first-order valence-electron chi connectivity index (χ1n) is 9.29. The van der Waals surface area contributed by atoms with Crippen molar-refractivity contribution in [2.45, 2.75) is 12.8 Å². The summed E-state index contributed by atoms with van der Waals surface area (Å²) >= 11 is 1.55. The molecule has 144 valence electrons. The molecule has 0 aliphatic rings. The van der Waals surface area contributed by atoms with Crippen LogP contribution in [0.5, 0.6) is 0 Å². The van der Waals surface area contributed by atoms with Crippen molar-refractivity contribution in [1.29, 1.82) is 0 Å². The van der Waals surface area contributed by atoms with E-state index in [1.54, 1.807) is 17.5 Å². The van der Waals surface area contributed by atoms with Crippen LogP contribution in [-0.4, -0.2) is 23.8 Å². The number of aromatic nitrogens is 1. The number of nitrogens with zero attached hydrogens (tertiary/aromatic N) is 1. The van der Waals surface area contributed by atoms with Gasteiger partial charge in [-0.2, -0.15) is 0 Å². The number of ketones is 1. The molecule has 29 heavy (non-hydrogen) atoms. The fourth-order valence-electron chi connectivity index (χ4n) is 3.15. The number of rotatable bonds is 6. The van der Waals surface area contributed by atoms with Gasteiger partial charge in [-0.15, -0.1) is 11.3 Å². The lowest BCUT2D eigenvalue weighted by Crippen LogP contribution is -2.01. The summed E-state index contributed by atoms with van der Waals surface area (Å²) < 4.78 is 4.67. The SMILES string of the molecule is COC(=O)CCc1ncc(-c2ccc(C(=O)c3ccc4ccccc4c3)cc2)s1. The van der Waals surface area contributed by atoms with Crippen molar-refractivity contribution in [3.05, 3.63) is 89.1 Å². The molecule has 0 unspecified atom stereocenters. The van der Waals surface area contributed by atoms with Crippen molar-refractivity contribution >= 4 is 33.9 Å². The third-order valence-electron chi connectivity index (χ3n) is 4.77. The second-order valence-corrected chi connectivity index (χ2v) is 7.78. The average Bonchev–Trinajstić information content (AvgIpc) is 3.26. The van der Waals surface area contributed by atoms with Gasteiger partial charge in [-0.1, -0.05) is 60.7 Å². The van der Waals surface area contributed by atoms with E-state index in [1.807, 2.05) is 66.7 Å². The molecular formula is C24H19NO3S. The number of hydrogen-bond donors (Lipinski definition) is 0. The average molecular weight is 401 g/mol. The van der Waals surface area contributed by atoms with Crippen LogP contribution in [0, 0.1) is 0 Å². The van der Waals surface area contributed by atoms with Gasteiger partial charge in [0.1, 0.15) is 0 Å². The van der Waals surface area contributed by atoms with Crippen LogP contribution in [0.15, 0.2) is 72.9 Å².